The fraction of sp³-hybridized carbons (Fsp3) is 0.294. The van der Waals surface area contributed by atoms with Gasteiger partial charge in [0, 0.05) is 17.9 Å². The summed E-state index contributed by atoms with van der Waals surface area (Å²) in [7, 11) is 0. The number of nitrogens with two attached hydrogens (primary N) is 1. The van der Waals surface area contributed by atoms with Crippen molar-refractivity contribution in [2.24, 2.45) is 0 Å². The molecule has 1 atom stereocenters. The Kier molecular flexibility index (Phi) is 4.64. The topological polar surface area (TPSA) is 58.3 Å². The maximum atomic E-state index is 10.2. The van der Waals surface area contributed by atoms with Crippen LogP contribution in [0.4, 0.5) is 11.4 Å². The maximum Gasteiger partial charge on any atom is 0.0807 e. The SMILES string of the molecule is Cc1cccc(NCCC(O)c2ccc(C)c(N)c2)c1. The molecule has 0 aliphatic heterocycles. The second-order valence-corrected chi connectivity index (χ2v) is 5.22. The third-order valence-electron chi connectivity index (χ3n) is 3.45. The Hall–Kier alpha value is -2.00. The summed E-state index contributed by atoms with van der Waals surface area (Å²) in [6.07, 6.45) is 0.159. The van der Waals surface area contributed by atoms with Gasteiger partial charge >= 0.3 is 0 Å². The molecule has 0 radical (unpaired) electrons. The lowest BCUT2D eigenvalue weighted by molar-refractivity contribution is 0.171. The highest BCUT2D eigenvalue weighted by molar-refractivity contribution is 5.49. The molecule has 3 nitrogen and oxygen atoms in total. The first kappa shape index (κ1) is 14.4. The molecule has 0 saturated carbocycles. The lowest BCUT2D eigenvalue weighted by atomic mass is 10.0. The number of aryl methyl sites for hydroxylation is 2. The summed E-state index contributed by atoms with van der Waals surface area (Å²) in [6.45, 7) is 4.75. The van der Waals surface area contributed by atoms with E-state index in [9.17, 15) is 5.11 Å². The van der Waals surface area contributed by atoms with Gasteiger partial charge in [-0.05, 0) is 55.2 Å². The average Bonchev–Trinajstić information content (AvgIpc) is 2.42. The molecule has 0 saturated heterocycles. The fourth-order valence-corrected chi connectivity index (χ4v) is 2.14. The van der Waals surface area contributed by atoms with Crippen LogP contribution >= 0.6 is 0 Å². The van der Waals surface area contributed by atoms with Gasteiger partial charge in [-0.25, -0.2) is 0 Å². The second-order valence-electron chi connectivity index (χ2n) is 5.22. The Labute approximate surface area is 120 Å². The summed E-state index contributed by atoms with van der Waals surface area (Å²) >= 11 is 0. The zero-order valence-electron chi connectivity index (χ0n) is 12.1. The van der Waals surface area contributed by atoms with E-state index in [1.54, 1.807) is 0 Å². The molecule has 0 aromatic heterocycles. The van der Waals surface area contributed by atoms with Crippen molar-refractivity contribution in [2.45, 2.75) is 26.4 Å². The molecule has 0 amide bonds. The first-order valence-corrected chi connectivity index (χ1v) is 6.91. The van der Waals surface area contributed by atoms with Gasteiger partial charge in [-0.15, -0.1) is 0 Å². The van der Waals surface area contributed by atoms with Crippen molar-refractivity contribution in [1.82, 2.24) is 0 Å². The Morgan fingerprint density at radius 1 is 1.15 bits per heavy atom. The molecule has 0 heterocycles. The molecule has 2 rings (SSSR count). The first-order valence-electron chi connectivity index (χ1n) is 6.91. The van der Waals surface area contributed by atoms with Crippen molar-refractivity contribution < 1.29 is 5.11 Å². The summed E-state index contributed by atoms with van der Waals surface area (Å²) in [4.78, 5) is 0. The van der Waals surface area contributed by atoms with Gasteiger partial charge in [0.05, 0.1) is 6.10 Å². The number of aliphatic hydroxyl groups excluding tert-OH is 1. The number of anilines is 2. The van der Waals surface area contributed by atoms with E-state index in [2.05, 4.69) is 24.4 Å². The van der Waals surface area contributed by atoms with Gasteiger partial charge in [0.15, 0.2) is 0 Å². The lowest BCUT2D eigenvalue weighted by Crippen LogP contribution is -2.08. The maximum absolute atomic E-state index is 10.2. The minimum atomic E-state index is -0.491. The fourth-order valence-electron chi connectivity index (χ4n) is 2.14. The van der Waals surface area contributed by atoms with E-state index >= 15 is 0 Å². The molecule has 0 aliphatic carbocycles. The van der Waals surface area contributed by atoms with Crippen molar-refractivity contribution in [3.8, 4) is 0 Å². The van der Waals surface area contributed by atoms with Gasteiger partial charge in [0.25, 0.3) is 0 Å². The standard InChI is InChI=1S/C17H22N2O/c1-12-4-3-5-15(10-12)19-9-8-17(20)14-7-6-13(2)16(18)11-14/h3-7,10-11,17,19-20H,8-9,18H2,1-2H3. The lowest BCUT2D eigenvalue weighted by Gasteiger charge is -2.14. The minimum absolute atomic E-state index is 0.491. The van der Waals surface area contributed by atoms with E-state index in [0.29, 0.717) is 6.42 Å². The Bertz CT molecular complexity index is 581. The molecule has 20 heavy (non-hydrogen) atoms. The van der Waals surface area contributed by atoms with Crippen LogP contribution in [0.3, 0.4) is 0 Å². The van der Waals surface area contributed by atoms with Crippen LogP contribution in [0.2, 0.25) is 0 Å². The van der Waals surface area contributed by atoms with Crippen LogP contribution in [0.5, 0.6) is 0 Å². The molecule has 2 aromatic carbocycles. The highest BCUT2D eigenvalue weighted by Crippen LogP contribution is 2.21. The number of nitrogens with one attached hydrogen (secondary N) is 1. The zero-order chi connectivity index (χ0) is 14.5. The van der Waals surface area contributed by atoms with Crippen molar-refractivity contribution in [3.05, 3.63) is 59.2 Å². The molecule has 0 bridgehead atoms. The monoisotopic (exact) mass is 270 g/mol. The van der Waals surface area contributed by atoms with Crippen LogP contribution < -0.4 is 11.1 Å². The molecular formula is C17H22N2O. The molecule has 1 unspecified atom stereocenters. The molecule has 3 heteroatoms. The minimum Gasteiger partial charge on any atom is -0.399 e. The van der Waals surface area contributed by atoms with E-state index < -0.39 is 6.10 Å². The van der Waals surface area contributed by atoms with Gasteiger partial charge in [-0.2, -0.15) is 0 Å². The molecule has 0 spiro atoms. The van der Waals surface area contributed by atoms with Crippen LogP contribution in [0.15, 0.2) is 42.5 Å². The Morgan fingerprint density at radius 2 is 1.95 bits per heavy atom. The summed E-state index contributed by atoms with van der Waals surface area (Å²) in [6, 6.07) is 13.9. The Morgan fingerprint density at radius 3 is 2.65 bits per heavy atom. The van der Waals surface area contributed by atoms with Crippen molar-refractivity contribution in [2.75, 3.05) is 17.6 Å². The van der Waals surface area contributed by atoms with E-state index in [-0.39, 0.29) is 0 Å². The zero-order valence-corrected chi connectivity index (χ0v) is 12.1. The molecule has 106 valence electrons. The van der Waals surface area contributed by atoms with Crippen LogP contribution in [0.1, 0.15) is 29.2 Å². The molecular weight excluding hydrogens is 248 g/mol. The molecule has 4 N–H and O–H groups in total. The summed E-state index contributed by atoms with van der Waals surface area (Å²) < 4.78 is 0. The third kappa shape index (κ3) is 3.75. The van der Waals surface area contributed by atoms with E-state index in [0.717, 1.165) is 29.0 Å². The van der Waals surface area contributed by atoms with E-state index in [1.807, 2.05) is 37.3 Å². The Balaban J connectivity index is 1.88. The van der Waals surface area contributed by atoms with Gasteiger partial charge in [0.2, 0.25) is 0 Å². The van der Waals surface area contributed by atoms with Crippen molar-refractivity contribution >= 4 is 11.4 Å². The number of rotatable bonds is 5. The van der Waals surface area contributed by atoms with Crippen LogP contribution in [-0.2, 0) is 0 Å². The highest BCUT2D eigenvalue weighted by Gasteiger charge is 2.08. The largest absolute Gasteiger partial charge is 0.399 e. The third-order valence-corrected chi connectivity index (χ3v) is 3.45. The molecule has 2 aromatic rings. The number of aliphatic hydroxyl groups is 1. The number of nitrogen functional groups attached to an aromatic ring is 1. The predicted molar refractivity (Wildman–Crippen MR) is 84.8 cm³/mol. The van der Waals surface area contributed by atoms with Gasteiger partial charge < -0.3 is 16.2 Å². The van der Waals surface area contributed by atoms with Crippen LogP contribution in [0.25, 0.3) is 0 Å². The van der Waals surface area contributed by atoms with E-state index in [4.69, 9.17) is 5.73 Å². The number of hydrogen-bond donors (Lipinski definition) is 3. The van der Waals surface area contributed by atoms with Crippen molar-refractivity contribution in [1.29, 1.82) is 0 Å². The first-order chi connectivity index (χ1) is 9.56. The second kappa shape index (κ2) is 6.44. The van der Waals surface area contributed by atoms with E-state index in [1.165, 1.54) is 5.56 Å². The number of hydrogen-bond acceptors (Lipinski definition) is 3. The van der Waals surface area contributed by atoms with Gasteiger partial charge in [-0.3, -0.25) is 0 Å². The van der Waals surface area contributed by atoms with Crippen LogP contribution in [-0.4, -0.2) is 11.7 Å². The van der Waals surface area contributed by atoms with Gasteiger partial charge in [0.1, 0.15) is 0 Å². The average molecular weight is 270 g/mol. The van der Waals surface area contributed by atoms with Crippen molar-refractivity contribution in [3.63, 3.8) is 0 Å². The van der Waals surface area contributed by atoms with Gasteiger partial charge in [-0.1, -0.05) is 24.3 Å². The summed E-state index contributed by atoms with van der Waals surface area (Å²) in [5.74, 6) is 0. The van der Waals surface area contributed by atoms with Crippen LogP contribution in [0, 0.1) is 13.8 Å². The smallest absolute Gasteiger partial charge is 0.0807 e. The summed E-state index contributed by atoms with van der Waals surface area (Å²) in [5.41, 5.74) is 10.8. The molecule has 0 aliphatic rings. The predicted octanol–water partition coefficient (Wildman–Crippen LogP) is 3.42. The molecule has 0 fully saturated rings. The summed E-state index contributed by atoms with van der Waals surface area (Å²) in [5, 5.41) is 13.5. The highest BCUT2D eigenvalue weighted by atomic mass is 16.3. The quantitative estimate of drug-likeness (QED) is 0.730. The normalized spacial score (nSPS) is 12.2. The number of benzene rings is 2.